The van der Waals surface area contributed by atoms with Gasteiger partial charge in [-0.25, -0.2) is 0 Å². The Morgan fingerprint density at radius 3 is 2.88 bits per heavy atom. The van der Waals surface area contributed by atoms with Crippen LogP contribution in [0.2, 0.25) is 0 Å². The van der Waals surface area contributed by atoms with Crippen molar-refractivity contribution >= 4 is 17.7 Å². The Kier molecular flexibility index (Phi) is 5.18. The number of nitriles is 1. The van der Waals surface area contributed by atoms with Crippen LogP contribution in [-0.2, 0) is 9.53 Å². The van der Waals surface area contributed by atoms with Crippen molar-refractivity contribution in [3.05, 3.63) is 21.7 Å². The number of morpholine rings is 1. The quantitative estimate of drug-likeness (QED) is 0.799. The predicted molar refractivity (Wildman–Crippen MR) is 93.7 cm³/mol. The molecule has 0 spiro atoms. The van der Waals surface area contributed by atoms with Crippen molar-refractivity contribution in [2.24, 2.45) is 5.73 Å². The minimum Gasteiger partial charge on any atom is -0.379 e. The number of carbonyl (C=O) groups excluding carboxylic acids is 1. The lowest BCUT2D eigenvalue weighted by atomic mass is 9.77. The molecule has 6 nitrogen and oxygen atoms in total. The van der Waals surface area contributed by atoms with Crippen molar-refractivity contribution in [3.8, 4) is 6.07 Å². The monoisotopic (exact) mass is 348 g/mol. The number of nitrogens with zero attached hydrogens (tertiary/aromatic N) is 2. The molecule has 130 valence electrons. The number of carbonyl (C=O) groups is 1. The number of fused-ring (bicyclic) bond motifs is 1. The third kappa shape index (κ3) is 3.06. The van der Waals surface area contributed by atoms with E-state index in [0.717, 1.165) is 62.6 Å². The average Bonchev–Trinajstić information content (AvgIpc) is 2.61. The molecule has 2 fully saturated rings. The van der Waals surface area contributed by atoms with Crippen molar-refractivity contribution in [1.82, 2.24) is 10.2 Å². The second-order valence-corrected chi connectivity index (χ2v) is 7.45. The van der Waals surface area contributed by atoms with Gasteiger partial charge in [0.1, 0.15) is 11.7 Å². The Morgan fingerprint density at radius 1 is 1.46 bits per heavy atom. The van der Waals surface area contributed by atoms with E-state index in [2.05, 4.69) is 16.3 Å². The van der Waals surface area contributed by atoms with Crippen LogP contribution in [0.4, 0.5) is 0 Å². The highest BCUT2D eigenvalue weighted by Gasteiger charge is 2.46. The van der Waals surface area contributed by atoms with Crippen molar-refractivity contribution in [2.45, 2.75) is 38.3 Å². The summed E-state index contributed by atoms with van der Waals surface area (Å²) in [4.78, 5) is 13.7. The standard InChI is InChI=1S/C17H24N4O2S/c1-12-13(10-18)16(24-11-15(19)22)20-17(5-3-2-4-14(12)17)21-6-8-23-9-7-21/h20H,2-9,11H2,1H3,(H2,19,22). The van der Waals surface area contributed by atoms with Gasteiger partial charge in [-0.05, 0) is 43.8 Å². The van der Waals surface area contributed by atoms with E-state index in [1.165, 1.54) is 17.3 Å². The highest BCUT2D eigenvalue weighted by atomic mass is 32.2. The SMILES string of the molecule is CC1=C2CCCCC2(N2CCOCC2)NC(SCC(N)=O)=C1C#N. The van der Waals surface area contributed by atoms with Crippen LogP contribution in [0.25, 0.3) is 0 Å². The molecule has 1 saturated carbocycles. The lowest BCUT2D eigenvalue weighted by Crippen LogP contribution is -2.64. The van der Waals surface area contributed by atoms with Crippen molar-refractivity contribution < 1.29 is 9.53 Å². The van der Waals surface area contributed by atoms with Crippen LogP contribution in [0.1, 0.15) is 32.6 Å². The third-order valence-corrected chi connectivity index (χ3v) is 6.13. The summed E-state index contributed by atoms with van der Waals surface area (Å²) in [6.07, 6.45) is 4.33. The molecule has 0 aromatic rings. The number of primary amides is 1. The van der Waals surface area contributed by atoms with E-state index in [0.29, 0.717) is 5.57 Å². The molecule has 24 heavy (non-hydrogen) atoms. The molecule has 3 aliphatic rings. The molecule has 1 unspecified atom stereocenters. The fraction of sp³-hybridized carbons (Fsp3) is 0.647. The lowest BCUT2D eigenvalue weighted by molar-refractivity contribution is -0.115. The van der Waals surface area contributed by atoms with Crippen LogP contribution in [0.5, 0.6) is 0 Å². The predicted octanol–water partition coefficient (Wildman–Crippen LogP) is 1.46. The zero-order chi connectivity index (χ0) is 17.2. The number of amides is 1. The van der Waals surface area contributed by atoms with E-state index in [1.807, 2.05) is 6.92 Å². The first-order valence-corrected chi connectivity index (χ1v) is 9.44. The topological polar surface area (TPSA) is 91.4 Å². The number of thioether (sulfide) groups is 1. The number of hydrogen-bond donors (Lipinski definition) is 2. The van der Waals surface area contributed by atoms with Crippen LogP contribution >= 0.6 is 11.8 Å². The van der Waals surface area contributed by atoms with Gasteiger partial charge in [0.15, 0.2) is 0 Å². The maximum atomic E-state index is 11.2. The first-order valence-electron chi connectivity index (χ1n) is 8.45. The second-order valence-electron chi connectivity index (χ2n) is 6.47. The van der Waals surface area contributed by atoms with Gasteiger partial charge in [-0.3, -0.25) is 9.69 Å². The molecule has 0 aromatic carbocycles. The van der Waals surface area contributed by atoms with E-state index in [1.54, 1.807) is 0 Å². The molecule has 1 saturated heterocycles. The van der Waals surface area contributed by atoms with Gasteiger partial charge < -0.3 is 15.8 Å². The van der Waals surface area contributed by atoms with Gasteiger partial charge in [-0.15, -0.1) is 0 Å². The zero-order valence-corrected chi connectivity index (χ0v) is 14.9. The number of rotatable bonds is 4. The Hall–Kier alpha value is -1.49. The lowest BCUT2D eigenvalue weighted by Gasteiger charge is -2.53. The molecule has 2 heterocycles. The van der Waals surface area contributed by atoms with Crippen molar-refractivity contribution in [1.29, 1.82) is 5.26 Å². The third-order valence-electron chi connectivity index (χ3n) is 5.11. The summed E-state index contributed by atoms with van der Waals surface area (Å²) >= 11 is 1.34. The number of allylic oxidation sites excluding steroid dienone is 2. The summed E-state index contributed by atoms with van der Waals surface area (Å²) in [7, 11) is 0. The average molecular weight is 348 g/mol. The first kappa shape index (κ1) is 17.3. The van der Waals surface area contributed by atoms with Gasteiger partial charge in [0.2, 0.25) is 5.91 Å². The fourth-order valence-corrected chi connectivity index (χ4v) is 4.88. The Labute approximate surface area is 147 Å². The molecule has 3 N–H and O–H groups in total. The van der Waals surface area contributed by atoms with Gasteiger partial charge in [-0.2, -0.15) is 5.26 Å². The van der Waals surface area contributed by atoms with Crippen LogP contribution in [0, 0.1) is 11.3 Å². The van der Waals surface area contributed by atoms with Gasteiger partial charge in [0.05, 0.1) is 29.6 Å². The van der Waals surface area contributed by atoms with E-state index in [9.17, 15) is 10.1 Å². The van der Waals surface area contributed by atoms with Crippen LogP contribution in [0.15, 0.2) is 21.7 Å². The largest absolute Gasteiger partial charge is 0.379 e. The van der Waals surface area contributed by atoms with Gasteiger partial charge in [-0.1, -0.05) is 11.8 Å². The summed E-state index contributed by atoms with van der Waals surface area (Å²) in [5, 5.41) is 14.1. The molecule has 1 aliphatic carbocycles. The zero-order valence-electron chi connectivity index (χ0n) is 14.1. The molecule has 7 heteroatoms. The summed E-state index contributed by atoms with van der Waals surface area (Å²) in [5.41, 5.74) is 8.11. The van der Waals surface area contributed by atoms with E-state index in [-0.39, 0.29) is 17.3 Å². The minimum atomic E-state index is -0.372. The van der Waals surface area contributed by atoms with Gasteiger partial charge >= 0.3 is 0 Å². The summed E-state index contributed by atoms with van der Waals surface area (Å²) in [5.74, 6) is -0.196. The molecule has 0 bridgehead atoms. The van der Waals surface area contributed by atoms with Crippen LogP contribution in [0.3, 0.4) is 0 Å². The Morgan fingerprint density at radius 2 is 2.21 bits per heavy atom. The Balaban J connectivity index is 2.00. The number of hydrogen-bond acceptors (Lipinski definition) is 6. The summed E-state index contributed by atoms with van der Waals surface area (Å²) in [6.45, 7) is 5.25. The van der Waals surface area contributed by atoms with Crippen LogP contribution in [-0.4, -0.2) is 48.5 Å². The molecule has 0 aromatic heterocycles. The Bertz CT molecular complexity index is 631. The minimum absolute atomic E-state index is 0.176. The second kappa shape index (κ2) is 7.18. The molecule has 1 amide bonds. The highest BCUT2D eigenvalue weighted by molar-refractivity contribution is 8.03. The number of nitrogens with one attached hydrogen (secondary N) is 1. The van der Waals surface area contributed by atoms with E-state index < -0.39 is 0 Å². The normalized spacial score (nSPS) is 28.2. The molecule has 2 aliphatic heterocycles. The first-order chi connectivity index (χ1) is 11.6. The molecular weight excluding hydrogens is 324 g/mol. The summed E-state index contributed by atoms with van der Waals surface area (Å²) < 4.78 is 5.53. The van der Waals surface area contributed by atoms with Crippen LogP contribution < -0.4 is 11.1 Å². The maximum Gasteiger partial charge on any atom is 0.227 e. The summed E-state index contributed by atoms with van der Waals surface area (Å²) in [6, 6.07) is 2.32. The number of dihydropyridines is 1. The maximum absolute atomic E-state index is 11.2. The number of ether oxygens (including phenoxy) is 1. The molecule has 0 radical (unpaired) electrons. The molecule has 3 rings (SSSR count). The van der Waals surface area contributed by atoms with E-state index in [4.69, 9.17) is 10.5 Å². The van der Waals surface area contributed by atoms with Gasteiger partial charge in [0.25, 0.3) is 0 Å². The fourth-order valence-electron chi connectivity index (χ4n) is 4.01. The number of nitrogens with two attached hydrogens (primary N) is 1. The van der Waals surface area contributed by atoms with Crippen molar-refractivity contribution in [3.63, 3.8) is 0 Å². The van der Waals surface area contributed by atoms with Gasteiger partial charge in [0, 0.05) is 13.1 Å². The van der Waals surface area contributed by atoms with Crippen molar-refractivity contribution in [2.75, 3.05) is 32.1 Å². The molecular formula is C17H24N4O2S. The highest BCUT2D eigenvalue weighted by Crippen LogP contribution is 2.45. The smallest absolute Gasteiger partial charge is 0.227 e. The van der Waals surface area contributed by atoms with E-state index >= 15 is 0 Å². The molecule has 1 atom stereocenters.